The van der Waals surface area contributed by atoms with Crippen molar-refractivity contribution in [1.82, 2.24) is 5.32 Å². The van der Waals surface area contributed by atoms with Crippen LogP contribution in [0.25, 0.3) is 0 Å². The van der Waals surface area contributed by atoms with Crippen LogP contribution in [0, 0.1) is 5.92 Å². The summed E-state index contributed by atoms with van der Waals surface area (Å²) in [6, 6.07) is 0.239. The molecule has 0 aromatic carbocycles. The van der Waals surface area contributed by atoms with E-state index in [-0.39, 0.29) is 12.1 Å². The summed E-state index contributed by atoms with van der Waals surface area (Å²) in [5, 5.41) is 2.94. The maximum absolute atomic E-state index is 11.6. The number of carbonyl (C=O) groups is 1. The standard InChI is InChI=1S/C14H29NO2/c1-7-12(10-8-9-11(2)3)15-13(16)17-14(4,5)6/h11-12H,7-10H2,1-6H3,(H,15,16). The van der Waals surface area contributed by atoms with Crippen LogP contribution in [0.4, 0.5) is 4.79 Å². The van der Waals surface area contributed by atoms with Gasteiger partial charge in [-0.2, -0.15) is 0 Å². The first kappa shape index (κ1) is 16.3. The Bertz CT molecular complexity index is 219. The average molecular weight is 243 g/mol. The number of alkyl carbamates (subject to hydrolysis) is 1. The molecule has 0 saturated carbocycles. The zero-order chi connectivity index (χ0) is 13.5. The number of hydrogen-bond donors (Lipinski definition) is 1. The third-order valence-corrected chi connectivity index (χ3v) is 2.55. The number of hydrogen-bond acceptors (Lipinski definition) is 2. The average Bonchev–Trinajstić information content (AvgIpc) is 2.12. The summed E-state index contributed by atoms with van der Waals surface area (Å²) in [6.45, 7) is 12.2. The Kier molecular flexibility index (Phi) is 7.24. The molecule has 1 amide bonds. The fourth-order valence-electron chi connectivity index (χ4n) is 1.63. The smallest absolute Gasteiger partial charge is 0.407 e. The highest BCUT2D eigenvalue weighted by Gasteiger charge is 2.18. The third-order valence-electron chi connectivity index (χ3n) is 2.55. The molecular formula is C14H29NO2. The molecule has 17 heavy (non-hydrogen) atoms. The lowest BCUT2D eigenvalue weighted by molar-refractivity contribution is 0.0499. The summed E-state index contributed by atoms with van der Waals surface area (Å²) in [6.07, 6.45) is 4.07. The van der Waals surface area contributed by atoms with E-state index in [1.807, 2.05) is 20.8 Å². The van der Waals surface area contributed by atoms with Crippen LogP contribution in [0.3, 0.4) is 0 Å². The van der Waals surface area contributed by atoms with Crippen molar-refractivity contribution in [3.8, 4) is 0 Å². The quantitative estimate of drug-likeness (QED) is 0.762. The number of nitrogens with one attached hydrogen (secondary N) is 1. The van der Waals surface area contributed by atoms with Crippen molar-refractivity contribution in [2.75, 3.05) is 0 Å². The van der Waals surface area contributed by atoms with Gasteiger partial charge in [0.05, 0.1) is 0 Å². The second kappa shape index (κ2) is 7.57. The Hall–Kier alpha value is -0.730. The minimum Gasteiger partial charge on any atom is -0.444 e. The first-order chi connectivity index (χ1) is 7.74. The normalized spacial score (nSPS) is 13.6. The van der Waals surface area contributed by atoms with Crippen LogP contribution >= 0.6 is 0 Å². The summed E-state index contributed by atoms with van der Waals surface area (Å²) in [5.41, 5.74) is -0.416. The molecule has 1 unspecified atom stereocenters. The Morgan fingerprint density at radius 1 is 1.24 bits per heavy atom. The van der Waals surface area contributed by atoms with E-state index < -0.39 is 5.60 Å². The zero-order valence-corrected chi connectivity index (χ0v) is 12.3. The van der Waals surface area contributed by atoms with E-state index in [1.54, 1.807) is 0 Å². The van der Waals surface area contributed by atoms with E-state index >= 15 is 0 Å². The molecular weight excluding hydrogens is 214 g/mol. The van der Waals surface area contributed by atoms with E-state index in [1.165, 1.54) is 6.42 Å². The molecule has 0 aromatic heterocycles. The molecule has 0 fully saturated rings. The van der Waals surface area contributed by atoms with E-state index in [0.717, 1.165) is 25.2 Å². The second-order valence-electron chi connectivity index (χ2n) is 6.08. The Morgan fingerprint density at radius 3 is 2.24 bits per heavy atom. The van der Waals surface area contributed by atoms with Crippen LogP contribution in [0.1, 0.15) is 67.2 Å². The number of amides is 1. The molecule has 0 aromatic rings. The van der Waals surface area contributed by atoms with Gasteiger partial charge in [-0.15, -0.1) is 0 Å². The second-order valence-corrected chi connectivity index (χ2v) is 6.08. The van der Waals surface area contributed by atoms with Crippen LogP contribution in [0.15, 0.2) is 0 Å². The molecule has 0 rings (SSSR count). The van der Waals surface area contributed by atoms with Crippen molar-refractivity contribution in [3.63, 3.8) is 0 Å². The van der Waals surface area contributed by atoms with Gasteiger partial charge in [-0.3, -0.25) is 0 Å². The van der Waals surface area contributed by atoms with Crippen LogP contribution < -0.4 is 5.32 Å². The van der Waals surface area contributed by atoms with Gasteiger partial charge in [0, 0.05) is 6.04 Å². The highest BCUT2D eigenvalue weighted by molar-refractivity contribution is 5.68. The summed E-state index contributed by atoms with van der Waals surface area (Å²) < 4.78 is 5.25. The lowest BCUT2D eigenvalue weighted by Gasteiger charge is -2.23. The Balaban J connectivity index is 3.92. The van der Waals surface area contributed by atoms with E-state index in [9.17, 15) is 4.79 Å². The largest absolute Gasteiger partial charge is 0.444 e. The van der Waals surface area contributed by atoms with E-state index in [4.69, 9.17) is 4.74 Å². The third kappa shape index (κ3) is 10.2. The molecule has 0 spiro atoms. The first-order valence-electron chi connectivity index (χ1n) is 6.74. The summed E-state index contributed by atoms with van der Waals surface area (Å²) >= 11 is 0. The van der Waals surface area contributed by atoms with Crippen molar-refractivity contribution in [1.29, 1.82) is 0 Å². The van der Waals surface area contributed by atoms with Crippen molar-refractivity contribution >= 4 is 6.09 Å². The van der Waals surface area contributed by atoms with Crippen molar-refractivity contribution in [2.24, 2.45) is 5.92 Å². The molecule has 3 heteroatoms. The number of rotatable bonds is 6. The molecule has 0 bridgehead atoms. The Labute approximate surface area is 106 Å². The maximum Gasteiger partial charge on any atom is 0.407 e. The molecule has 0 saturated heterocycles. The number of ether oxygens (including phenoxy) is 1. The van der Waals surface area contributed by atoms with Crippen molar-refractivity contribution in [3.05, 3.63) is 0 Å². The summed E-state index contributed by atoms with van der Waals surface area (Å²) in [5.74, 6) is 0.731. The fourth-order valence-corrected chi connectivity index (χ4v) is 1.63. The van der Waals surface area contributed by atoms with Crippen molar-refractivity contribution < 1.29 is 9.53 Å². The zero-order valence-electron chi connectivity index (χ0n) is 12.3. The monoisotopic (exact) mass is 243 g/mol. The molecule has 1 N–H and O–H groups in total. The molecule has 3 nitrogen and oxygen atoms in total. The van der Waals surface area contributed by atoms with Gasteiger partial charge in [-0.05, 0) is 39.5 Å². The fraction of sp³-hybridized carbons (Fsp3) is 0.929. The number of carbonyl (C=O) groups excluding carboxylic acids is 1. The van der Waals surface area contributed by atoms with Gasteiger partial charge in [0.2, 0.25) is 0 Å². The lowest BCUT2D eigenvalue weighted by Crippen LogP contribution is -2.38. The Morgan fingerprint density at radius 2 is 1.82 bits per heavy atom. The van der Waals surface area contributed by atoms with Crippen molar-refractivity contribution in [2.45, 2.75) is 78.9 Å². The van der Waals surface area contributed by atoms with Gasteiger partial charge in [0.25, 0.3) is 0 Å². The highest BCUT2D eigenvalue weighted by atomic mass is 16.6. The van der Waals surface area contributed by atoms with E-state index in [0.29, 0.717) is 0 Å². The van der Waals surface area contributed by atoms with Crippen LogP contribution in [-0.2, 0) is 4.74 Å². The minimum absolute atomic E-state index is 0.239. The van der Waals surface area contributed by atoms with Gasteiger partial charge in [0.15, 0.2) is 0 Å². The summed E-state index contributed by atoms with van der Waals surface area (Å²) in [4.78, 5) is 11.6. The van der Waals surface area contributed by atoms with E-state index in [2.05, 4.69) is 26.1 Å². The lowest BCUT2D eigenvalue weighted by atomic mass is 10.0. The van der Waals surface area contributed by atoms with Crippen LogP contribution in [-0.4, -0.2) is 17.7 Å². The van der Waals surface area contributed by atoms with Gasteiger partial charge in [-0.1, -0.05) is 33.6 Å². The van der Waals surface area contributed by atoms with Gasteiger partial charge < -0.3 is 10.1 Å². The molecule has 102 valence electrons. The SMILES string of the molecule is CCC(CCCC(C)C)NC(=O)OC(C)(C)C. The minimum atomic E-state index is -0.416. The molecule has 0 heterocycles. The molecule has 0 aliphatic rings. The van der Waals surface area contributed by atoms with Crippen LogP contribution in [0.5, 0.6) is 0 Å². The maximum atomic E-state index is 11.6. The predicted molar refractivity (Wildman–Crippen MR) is 72.1 cm³/mol. The van der Waals surface area contributed by atoms with Gasteiger partial charge >= 0.3 is 6.09 Å². The molecule has 0 aliphatic carbocycles. The molecule has 0 aliphatic heterocycles. The topological polar surface area (TPSA) is 38.3 Å². The highest BCUT2D eigenvalue weighted by Crippen LogP contribution is 2.12. The molecule has 1 atom stereocenters. The first-order valence-corrected chi connectivity index (χ1v) is 6.74. The van der Waals surface area contributed by atoms with Crippen LogP contribution in [0.2, 0.25) is 0 Å². The predicted octanol–water partition coefficient (Wildman–Crippen LogP) is 4.12. The summed E-state index contributed by atoms with van der Waals surface area (Å²) in [7, 11) is 0. The van der Waals surface area contributed by atoms with Gasteiger partial charge in [0.1, 0.15) is 5.60 Å². The van der Waals surface area contributed by atoms with Gasteiger partial charge in [-0.25, -0.2) is 4.79 Å². The molecule has 0 radical (unpaired) electrons.